The minimum atomic E-state index is -1.01. The lowest BCUT2D eigenvalue weighted by atomic mass is 9.53. The third-order valence-corrected chi connectivity index (χ3v) is 10.8. The Morgan fingerprint density at radius 2 is 1.81 bits per heavy atom. The Morgan fingerprint density at radius 3 is 2.63 bits per heavy atom. The third-order valence-electron chi connectivity index (χ3n) is 10.8. The SMILES string of the molecule is C#CC1(O)CC[C@H]2[C@@H]3CCc4cc(Oc5nc(F)nc(-n6c(C)nc7cc8ccccc8cc76)n5)ccc4[C@H]3CC[C@@]21C. The molecule has 8 rings (SSSR count). The molecule has 0 radical (unpaired) electrons. The molecule has 2 saturated carbocycles. The summed E-state index contributed by atoms with van der Waals surface area (Å²) in [6, 6.07) is 18.1. The van der Waals surface area contributed by atoms with E-state index in [0.717, 1.165) is 53.9 Å². The van der Waals surface area contributed by atoms with Crippen molar-refractivity contribution in [3.05, 3.63) is 77.6 Å². The van der Waals surface area contributed by atoms with E-state index in [1.165, 1.54) is 11.1 Å². The Morgan fingerprint density at radius 1 is 1.00 bits per heavy atom. The summed E-state index contributed by atoms with van der Waals surface area (Å²) < 4.78 is 22.6. The predicted octanol–water partition coefficient (Wildman–Crippen LogP) is 6.82. The monoisotopic (exact) mass is 573 g/mol. The van der Waals surface area contributed by atoms with Crippen LogP contribution in [0.2, 0.25) is 0 Å². The highest BCUT2D eigenvalue weighted by Crippen LogP contribution is 2.64. The van der Waals surface area contributed by atoms with Crippen LogP contribution in [0.5, 0.6) is 11.8 Å². The number of ether oxygens (including phenoxy) is 1. The number of aliphatic hydroxyl groups is 1. The molecule has 5 aromatic rings. The summed E-state index contributed by atoms with van der Waals surface area (Å²) in [6.45, 7) is 4.04. The van der Waals surface area contributed by atoms with Gasteiger partial charge in [0.25, 0.3) is 0 Å². The minimum absolute atomic E-state index is 0.105. The number of aryl methyl sites for hydroxylation is 2. The highest BCUT2D eigenvalue weighted by molar-refractivity contribution is 5.95. The summed E-state index contributed by atoms with van der Waals surface area (Å²) in [5, 5.41) is 13.3. The lowest BCUT2D eigenvalue weighted by Gasteiger charge is -2.52. The highest BCUT2D eigenvalue weighted by atomic mass is 19.1. The van der Waals surface area contributed by atoms with E-state index < -0.39 is 11.7 Å². The quantitative estimate of drug-likeness (QED) is 0.238. The van der Waals surface area contributed by atoms with E-state index in [0.29, 0.717) is 35.7 Å². The molecular formula is C35H32FN5O2. The van der Waals surface area contributed by atoms with Crippen molar-refractivity contribution < 1.29 is 14.2 Å². The molecule has 216 valence electrons. The van der Waals surface area contributed by atoms with E-state index in [1.807, 2.05) is 55.5 Å². The number of benzene rings is 3. The van der Waals surface area contributed by atoms with Crippen LogP contribution in [0.3, 0.4) is 0 Å². The van der Waals surface area contributed by atoms with E-state index in [9.17, 15) is 9.50 Å². The van der Waals surface area contributed by atoms with Crippen molar-refractivity contribution in [2.45, 2.75) is 63.9 Å². The molecule has 7 nitrogen and oxygen atoms in total. The van der Waals surface area contributed by atoms with Crippen molar-refractivity contribution in [1.82, 2.24) is 24.5 Å². The first-order valence-electron chi connectivity index (χ1n) is 15.1. The molecule has 2 heterocycles. The van der Waals surface area contributed by atoms with Crippen LogP contribution in [0, 0.1) is 42.6 Å². The molecule has 43 heavy (non-hydrogen) atoms. The fourth-order valence-electron chi connectivity index (χ4n) is 8.58. The number of aromatic nitrogens is 5. The van der Waals surface area contributed by atoms with Gasteiger partial charge in [0.2, 0.25) is 5.95 Å². The Hall–Kier alpha value is -4.35. The normalized spacial score (nSPS) is 27.8. The standard InChI is InChI=1S/C35H32FN5O2/c1-4-35(42)16-14-28-27-11-9-23-17-24(10-12-25(23)26(27)13-15-34(28,35)3)43-33-39-31(36)38-32(40-33)41-20(2)37-29-18-21-7-5-6-8-22(21)19-30(29)41/h1,5-8,10,12,17-19,26-28,42H,9,11,13-16H2,2-3H3/t26-,27-,28+,34+,35?/m1/s1. The first-order chi connectivity index (χ1) is 20.8. The van der Waals surface area contributed by atoms with Crippen LogP contribution in [-0.2, 0) is 6.42 Å². The maximum Gasteiger partial charge on any atom is 0.329 e. The summed E-state index contributed by atoms with van der Waals surface area (Å²) in [4.78, 5) is 17.0. The molecule has 1 N–H and O–H groups in total. The minimum Gasteiger partial charge on any atom is -0.424 e. The van der Waals surface area contributed by atoms with Crippen LogP contribution in [0.25, 0.3) is 27.8 Å². The molecule has 5 atom stereocenters. The number of fused-ring (bicyclic) bond motifs is 7. The third kappa shape index (κ3) is 3.91. The number of terminal acetylenes is 1. The molecule has 1 unspecified atom stereocenters. The second-order valence-corrected chi connectivity index (χ2v) is 12.7. The van der Waals surface area contributed by atoms with Gasteiger partial charge in [-0.1, -0.05) is 43.2 Å². The predicted molar refractivity (Wildman–Crippen MR) is 162 cm³/mol. The van der Waals surface area contributed by atoms with Crippen molar-refractivity contribution in [3.63, 3.8) is 0 Å². The van der Waals surface area contributed by atoms with Gasteiger partial charge in [0, 0.05) is 5.41 Å². The van der Waals surface area contributed by atoms with Gasteiger partial charge in [-0.2, -0.15) is 14.4 Å². The molecule has 8 heteroatoms. The smallest absolute Gasteiger partial charge is 0.329 e. The molecule has 0 bridgehead atoms. The van der Waals surface area contributed by atoms with E-state index in [1.54, 1.807) is 4.57 Å². The summed E-state index contributed by atoms with van der Waals surface area (Å²) in [7, 11) is 0. The first kappa shape index (κ1) is 26.3. The Kier molecular flexibility index (Phi) is 5.70. The summed E-state index contributed by atoms with van der Waals surface area (Å²) in [5.74, 6) is 5.43. The summed E-state index contributed by atoms with van der Waals surface area (Å²) in [5.41, 5.74) is 2.91. The maximum absolute atomic E-state index is 14.8. The van der Waals surface area contributed by atoms with Gasteiger partial charge >= 0.3 is 12.1 Å². The molecule has 3 aliphatic carbocycles. The zero-order chi connectivity index (χ0) is 29.5. The van der Waals surface area contributed by atoms with Crippen LogP contribution >= 0.6 is 0 Å². The van der Waals surface area contributed by atoms with Crippen LogP contribution in [-0.4, -0.2) is 35.2 Å². The number of rotatable bonds is 3. The summed E-state index contributed by atoms with van der Waals surface area (Å²) >= 11 is 0. The van der Waals surface area contributed by atoms with Crippen LogP contribution in [0.1, 0.15) is 61.9 Å². The lowest BCUT2D eigenvalue weighted by molar-refractivity contribution is -0.0646. The average molecular weight is 574 g/mol. The van der Waals surface area contributed by atoms with Crippen molar-refractivity contribution in [1.29, 1.82) is 0 Å². The Bertz CT molecular complexity index is 1980. The van der Waals surface area contributed by atoms with E-state index in [4.69, 9.17) is 11.2 Å². The van der Waals surface area contributed by atoms with E-state index >= 15 is 0 Å². The molecule has 0 saturated heterocycles. The molecule has 0 aliphatic heterocycles. The molecule has 0 spiro atoms. The number of nitrogens with zero attached hydrogens (tertiary/aromatic N) is 5. The van der Waals surface area contributed by atoms with Crippen molar-refractivity contribution >= 4 is 21.8 Å². The van der Waals surface area contributed by atoms with Gasteiger partial charge in [0.05, 0.1) is 11.0 Å². The van der Waals surface area contributed by atoms with Crippen LogP contribution in [0.4, 0.5) is 4.39 Å². The number of imidazole rings is 1. The Labute approximate surface area is 249 Å². The molecule has 3 aromatic carbocycles. The van der Waals surface area contributed by atoms with Gasteiger partial charge in [0.1, 0.15) is 17.2 Å². The largest absolute Gasteiger partial charge is 0.424 e. The molecule has 3 aliphatic rings. The zero-order valence-corrected chi connectivity index (χ0v) is 24.2. The van der Waals surface area contributed by atoms with Crippen molar-refractivity contribution in [2.24, 2.45) is 17.3 Å². The summed E-state index contributed by atoms with van der Waals surface area (Å²) in [6.07, 6.45) is 10.5. The van der Waals surface area contributed by atoms with Gasteiger partial charge in [-0.05, 0) is 109 Å². The first-order valence-corrected chi connectivity index (χ1v) is 15.1. The fraction of sp³-hybridized carbons (Fsp3) is 0.371. The van der Waals surface area contributed by atoms with Gasteiger partial charge in [-0.25, -0.2) is 4.98 Å². The van der Waals surface area contributed by atoms with Gasteiger partial charge in [-0.15, -0.1) is 11.4 Å². The van der Waals surface area contributed by atoms with E-state index in [-0.39, 0.29) is 17.4 Å². The number of hydrogen-bond donors (Lipinski definition) is 1. The average Bonchev–Trinajstić information content (AvgIpc) is 3.47. The molecular weight excluding hydrogens is 541 g/mol. The van der Waals surface area contributed by atoms with Gasteiger partial charge in [-0.3, -0.25) is 4.57 Å². The number of hydrogen-bond acceptors (Lipinski definition) is 6. The van der Waals surface area contributed by atoms with Gasteiger partial charge in [0.15, 0.2) is 0 Å². The highest BCUT2D eigenvalue weighted by Gasteiger charge is 2.61. The molecule has 2 fully saturated rings. The maximum atomic E-state index is 14.8. The molecule has 0 amide bonds. The lowest BCUT2D eigenvalue weighted by Crippen LogP contribution is -2.50. The zero-order valence-electron chi connectivity index (χ0n) is 24.2. The number of halogens is 1. The Balaban J connectivity index is 1.09. The topological polar surface area (TPSA) is 86.0 Å². The van der Waals surface area contributed by atoms with Crippen molar-refractivity contribution in [3.8, 4) is 30.1 Å². The fourth-order valence-corrected chi connectivity index (χ4v) is 8.58. The van der Waals surface area contributed by atoms with Crippen molar-refractivity contribution in [2.75, 3.05) is 0 Å². The van der Waals surface area contributed by atoms with E-state index in [2.05, 4.69) is 38.8 Å². The van der Waals surface area contributed by atoms with Crippen LogP contribution < -0.4 is 4.74 Å². The van der Waals surface area contributed by atoms with Crippen LogP contribution in [0.15, 0.2) is 54.6 Å². The van der Waals surface area contributed by atoms with Gasteiger partial charge < -0.3 is 9.84 Å². The molecule has 2 aromatic heterocycles. The second kappa shape index (κ2) is 9.32. The second-order valence-electron chi connectivity index (χ2n) is 12.7.